The number of hydrogen-bond donors (Lipinski definition) is 2. The first-order chi connectivity index (χ1) is 7.80. The molecule has 0 saturated carbocycles. The molecule has 17 heavy (non-hydrogen) atoms. The maximum Gasteiger partial charge on any atom is 0.246 e. The number of aryl methyl sites for hydroxylation is 1. The summed E-state index contributed by atoms with van der Waals surface area (Å²) in [6.45, 7) is 7.49. The lowest BCUT2D eigenvalue weighted by Gasteiger charge is -2.17. The van der Waals surface area contributed by atoms with Gasteiger partial charge in [-0.15, -0.1) is 0 Å². The highest BCUT2D eigenvalue weighted by molar-refractivity contribution is 7.89. The second-order valence-electron chi connectivity index (χ2n) is 4.05. The molecule has 0 radical (unpaired) electrons. The summed E-state index contributed by atoms with van der Waals surface area (Å²) in [4.78, 5) is 0.170. The summed E-state index contributed by atoms with van der Waals surface area (Å²) in [5.41, 5.74) is 7.11. The molecule has 96 valence electrons. The van der Waals surface area contributed by atoms with Crippen molar-refractivity contribution in [1.29, 1.82) is 0 Å². The first-order valence-electron chi connectivity index (χ1n) is 5.15. The normalized spacial score (nSPS) is 12.1. The Hall–Kier alpha value is -1.18. The van der Waals surface area contributed by atoms with Gasteiger partial charge in [-0.3, -0.25) is 5.10 Å². The predicted octanol–water partition coefficient (Wildman–Crippen LogP) is 0.373. The molecule has 0 saturated heterocycles. The summed E-state index contributed by atoms with van der Waals surface area (Å²) in [6.07, 6.45) is 0. The Labute approximate surface area is 102 Å². The van der Waals surface area contributed by atoms with Crippen LogP contribution in [0.4, 0.5) is 0 Å². The van der Waals surface area contributed by atoms with Gasteiger partial charge in [0, 0.05) is 20.1 Å². The fraction of sp³-hybridized carbons (Fsp3) is 0.500. The fourth-order valence-corrected chi connectivity index (χ4v) is 3.13. The van der Waals surface area contributed by atoms with Crippen molar-refractivity contribution >= 4 is 10.0 Å². The average Bonchev–Trinajstić information content (AvgIpc) is 2.58. The van der Waals surface area contributed by atoms with Crippen molar-refractivity contribution in [3.05, 3.63) is 23.5 Å². The maximum atomic E-state index is 12.3. The summed E-state index contributed by atoms with van der Waals surface area (Å²) in [7, 11) is -2.05. The molecule has 1 aromatic heterocycles. The fourth-order valence-electron chi connectivity index (χ4n) is 1.57. The summed E-state index contributed by atoms with van der Waals surface area (Å²) in [5.74, 6) is 0. The number of nitrogens with two attached hydrogens (primary N) is 1. The van der Waals surface area contributed by atoms with Crippen LogP contribution in [0.2, 0.25) is 0 Å². The van der Waals surface area contributed by atoms with E-state index in [9.17, 15) is 8.42 Å². The highest BCUT2D eigenvalue weighted by Gasteiger charge is 2.27. The Bertz CT molecular complexity index is 518. The smallest absolute Gasteiger partial charge is 0.246 e. The Morgan fingerprint density at radius 2 is 2.18 bits per heavy atom. The van der Waals surface area contributed by atoms with E-state index in [1.54, 1.807) is 13.8 Å². The Morgan fingerprint density at radius 3 is 2.65 bits per heavy atom. The summed E-state index contributed by atoms with van der Waals surface area (Å²) in [6, 6.07) is 0. The third kappa shape index (κ3) is 2.74. The standard InChI is InChI=1S/C10H18N4O2S/c1-7(2)6-14(4)17(15,16)10-8(3)12-13-9(10)5-11/h1,5-6,11H2,2-4H3,(H,12,13). The van der Waals surface area contributed by atoms with Crippen molar-refractivity contribution in [3.63, 3.8) is 0 Å². The lowest BCUT2D eigenvalue weighted by atomic mass is 10.4. The van der Waals surface area contributed by atoms with E-state index in [-0.39, 0.29) is 18.0 Å². The highest BCUT2D eigenvalue weighted by Crippen LogP contribution is 2.21. The van der Waals surface area contributed by atoms with Gasteiger partial charge in [-0.05, 0) is 13.8 Å². The second kappa shape index (κ2) is 4.99. The summed E-state index contributed by atoms with van der Waals surface area (Å²) in [5, 5.41) is 6.53. The quantitative estimate of drug-likeness (QED) is 0.746. The minimum Gasteiger partial charge on any atom is -0.325 e. The summed E-state index contributed by atoms with van der Waals surface area (Å²) < 4.78 is 25.8. The molecule has 7 heteroatoms. The van der Waals surface area contributed by atoms with E-state index < -0.39 is 10.0 Å². The van der Waals surface area contributed by atoms with E-state index in [2.05, 4.69) is 16.8 Å². The van der Waals surface area contributed by atoms with Crippen LogP contribution in [0.1, 0.15) is 18.3 Å². The molecule has 0 aliphatic rings. The Kier molecular flexibility index (Phi) is 4.07. The molecule has 1 heterocycles. The summed E-state index contributed by atoms with van der Waals surface area (Å²) >= 11 is 0. The maximum absolute atomic E-state index is 12.3. The molecule has 0 spiro atoms. The number of hydrogen-bond acceptors (Lipinski definition) is 4. The predicted molar refractivity (Wildman–Crippen MR) is 65.8 cm³/mol. The lowest BCUT2D eigenvalue weighted by molar-refractivity contribution is 0.491. The van der Waals surface area contributed by atoms with E-state index in [4.69, 9.17) is 5.73 Å². The molecule has 1 rings (SSSR count). The molecule has 0 aliphatic carbocycles. The molecule has 0 unspecified atom stereocenters. The Balaban J connectivity index is 3.21. The minimum absolute atomic E-state index is 0.0831. The van der Waals surface area contributed by atoms with Crippen molar-refractivity contribution in [2.75, 3.05) is 13.6 Å². The number of rotatable bonds is 5. The van der Waals surface area contributed by atoms with Gasteiger partial charge in [0.2, 0.25) is 10.0 Å². The number of sulfonamides is 1. The van der Waals surface area contributed by atoms with E-state index >= 15 is 0 Å². The molecule has 6 nitrogen and oxygen atoms in total. The Morgan fingerprint density at radius 1 is 1.59 bits per heavy atom. The van der Waals surface area contributed by atoms with E-state index in [1.165, 1.54) is 11.4 Å². The lowest BCUT2D eigenvalue weighted by Crippen LogP contribution is -2.29. The van der Waals surface area contributed by atoms with Crippen LogP contribution in [0.3, 0.4) is 0 Å². The van der Waals surface area contributed by atoms with Crippen LogP contribution < -0.4 is 5.73 Å². The van der Waals surface area contributed by atoms with Crippen molar-refractivity contribution in [1.82, 2.24) is 14.5 Å². The number of nitrogens with zero attached hydrogens (tertiary/aromatic N) is 2. The largest absolute Gasteiger partial charge is 0.325 e. The number of likely N-dealkylation sites (N-methyl/N-ethyl adjacent to an activating group) is 1. The van der Waals surface area contributed by atoms with E-state index in [1.807, 2.05) is 0 Å². The minimum atomic E-state index is -3.57. The van der Waals surface area contributed by atoms with Crippen LogP contribution in [0.5, 0.6) is 0 Å². The van der Waals surface area contributed by atoms with Crippen molar-refractivity contribution in [2.45, 2.75) is 25.3 Å². The SMILES string of the molecule is C=C(C)CN(C)S(=O)(=O)c1c(CN)n[nH]c1C. The molecule has 0 bridgehead atoms. The average molecular weight is 258 g/mol. The molecule has 0 aliphatic heterocycles. The monoisotopic (exact) mass is 258 g/mol. The van der Waals surface area contributed by atoms with Crippen LogP contribution in [-0.2, 0) is 16.6 Å². The molecular formula is C10H18N4O2S. The van der Waals surface area contributed by atoms with Gasteiger partial charge >= 0.3 is 0 Å². The van der Waals surface area contributed by atoms with Crippen LogP contribution in [0.25, 0.3) is 0 Å². The van der Waals surface area contributed by atoms with E-state index in [0.717, 1.165) is 5.57 Å². The van der Waals surface area contributed by atoms with Crippen LogP contribution in [0.15, 0.2) is 17.0 Å². The molecular weight excluding hydrogens is 240 g/mol. The van der Waals surface area contributed by atoms with Gasteiger partial charge in [0.15, 0.2) is 0 Å². The zero-order chi connectivity index (χ0) is 13.2. The molecule has 0 aromatic carbocycles. The number of nitrogens with one attached hydrogen (secondary N) is 1. The highest BCUT2D eigenvalue weighted by atomic mass is 32.2. The molecule has 1 aromatic rings. The number of H-pyrrole nitrogens is 1. The van der Waals surface area contributed by atoms with E-state index in [0.29, 0.717) is 11.4 Å². The van der Waals surface area contributed by atoms with Gasteiger partial charge in [0.05, 0.1) is 11.4 Å². The molecule has 0 amide bonds. The number of aromatic nitrogens is 2. The van der Waals surface area contributed by atoms with Crippen LogP contribution in [0, 0.1) is 6.92 Å². The van der Waals surface area contributed by atoms with Gasteiger partial charge < -0.3 is 5.73 Å². The molecule has 3 N–H and O–H groups in total. The van der Waals surface area contributed by atoms with Gasteiger partial charge in [-0.2, -0.15) is 9.40 Å². The van der Waals surface area contributed by atoms with Gasteiger partial charge in [0.1, 0.15) is 4.90 Å². The molecule has 0 fully saturated rings. The van der Waals surface area contributed by atoms with Crippen molar-refractivity contribution in [3.8, 4) is 0 Å². The number of aromatic amines is 1. The van der Waals surface area contributed by atoms with Gasteiger partial charge in [-0.25, -0.2) is 8.42 Å². The van der Waals surface area contributed by atoms with Gasteiger partial charge in [-0.1, -0.05) is 12.2 Å². The first kappa shape index (κ1) is 13.9. The zero-order valence-electron chi connectivity index (χ0n) is 10.3. The topological polar surface area (TPSA) is 92.1 Å². The first-order valence-corrected chi connectivity index (χ1v) is 6.59. The van der Waals surface area contributed by atoms with Crippen molar-refractivity contribution < 1.29 is 8.42 Å². The third-order valence-electron chi connectivity index (χ3n) is 2.32. The van der Waals surface area contributed by atoms with Crippen molar-refractivity contribution in [2.24, 2.45) is 5.73 Å². The van der Waals surface area contributed by atoms with Gasteiger partial charge in [0.25, 0.3) is 0 Å². The third-order valence-corrected chi connectivity index (χ3v) is 4.32. The molecule has 0 atom stereocenters. The van der Waals surface area contributed by atoms with Crippen LogP contribution in [-0.4, -0.2) is 36.5 Å². The van der Waals surface area contributed by atoms with Crippen LogP contribution >= 0.6 is 0 Å². The zero-order valence-corrected chi connectivity index (χ0v) is 11.1. The second-order valence-corrected chi connectivity index (χ2v) is 6.03.